The molecular weight excluding hydrogens is 1280 g/mol. The summed E-state index contributed by atoms with van der Waals surface area (Å²) < 4.78 is 4.48. The van der Waals surface area contributed by atoms with Crippen molar-refractivity contribution in [2.24, 2.45) is 0 Å². The average molecular weight is 1330 g/mol. The summed E-state index contributed by atoms with van der Waals surface area (Å²) in [5, 5.41) is 10.6. The van der Waals surface area contributed by atoms with Crippen molar-refractivity contribution in [3.8, 4) is 23.2 Å². The summed E-state index contributed by atoms with van der Waals surface area (Å²) in [6.07, 6.45) is 17.6. The SMILES string of the molecule is [Au+].[Au+].[C-]#Cc1cccc2c1c1ccccc1n2-c1ccccc1.[C-]#Cc1cccc2c1c1ccccc1n2-c1ccccc1.c1ccc([PH+](CC[PH+](c2ccccc2)c2ccccc2)c2ccccc2)cc1. The minimum absolute atomic E-state index is 0. The first-order chi connectivity index (χ1) is 34.7. The van der Waals surface area contributed by atoms with Gasteiger partial charge < -0.3 is 22.0 Å². The van der Waals surface area contributed by atoms with Crippen molar-refractivity contribution in [3.05, 3.63) is 291 Å². The Balaban J connectivity index is 0.000000144. The molecular formula is C66H50Au2N2P2+2. The monoisotopic (exact) mass is 1330 g/mol. The Hall–Kier alpha value is -6.74. The van der Waals surface area contributed by atoms with Gasteiger partial charge in [0.2, 0.25) is 0 Å². The number of para-hydroxylation sites is 4. The zero-order chi connectivity index (χ0) is 47.5. The molecule has 0 unspecified atom stereocenters. The molecule has 0 aliphatic heterocycles. The molecule has 12 rings (SSSR count). The van der Waals surface area contributed by atoms with E-state index in [4.69, 9.17) is 12.8 Å². The van der Waals surface area contributed by atoms with Crippen LogP contribution in [0.5, 0.6) is 0 Å². The Morgan fingerprint density at radius 3 is 0.861 bits per heavy atom. The van der Waals surface area contributed by atoms with Gasteiger partial charge in [0.25, 0.3) is 0 Å². The van der Waals surface area contributed by atoms with Gasteiger partial charge in [0.1, 0.15) is 12.3 Å². The van der Waals surface area contributed by atoms with Gasteiger partial charge in [-0.2, -0.15) is 0 Å². The quantitative estimate of drug-likeness (QED) is 0.0590. The van der Waals surface area contributed by atoms with Gasteiger partial charge in [-0.05, 0) is 108 Å². The van der Waals surface area contributed by atoms with Crippen LogP contribution >= 0.6 is 15.8 Å². The standard InChI is InChI=1S/C26H24P2.2C20H12N.2Au/c1-5-13-23(14-6-1)27(24-15-7-2-8-16-24)21-22-28(25-17-9-3-10-18-25)26-19-11-4-12-20-26;2*1-2-15-9-8-14-19-20(15)17-12-6-7-13-18(17)21(19)16-10-4-3-5-11-16;;/h1-20H,21-22H2;2*3-14H;;/q;2*-1;2*+1/p+2. The van der Waals surface area contributed by atoms with Crippen molar-refractivity contribution in [1.82, 2.24) is 9.13 Å². The number of nitrogens with zero attached hydrogens (tertiary/aromatic N) is 2. The molecule has 12 aromatic rings. The maximum absolute atomic E-state index is 7.56. The van der Waals surface area contributed by atoms with Crippen LogP contribution in [0.25, 0.3) is 55.0 Å². The van der Waals surface area contributed by atoms with E-state index in [0.717, 1.165) is 66.1 Å². The fourth-order valence-electron chi connectivity index (χ4n) is 9.68. The van der Waals surface area contributed by atoms with Crippen LogP contribution < -0.4 is 21.2 Å². The van der Waals surface area contributed by atoms with Crippen LogP contribution in [0.15, 0.2) is 267 Å². The van der Waals surface area contributed by atoms with Crippen LogP contribution in [-0.4, -0.2) is 21.5 Å². The van der Waals surface area contributed by atoms with Crippen molar-refractivity contribution in [1.29, 1.82) is 0 Å². The van der Waals surface area contributed by atoms with E-state index in [9.17, 15) is 0 Å². The van der Waals surface area contributed by atoms with Crippen molar-refractivity contribution in [2.45, 2.75) is 0 Å². The van der Waals surface area contributed by atoms with Gasteiger partial charge in [-0.15, -0.1) is 23.3 Å². The molecule has 10 aromatic carbocycles. The summed E-state index contributed by atoms with van der Waals surface area (Å²) in [7, 11) is -1.57. The molecule has 0 saturated carbocycles. The third-order valence-electron chi connectivity index (χ3n) is 12.8. The zero-order valence-corrected chi connectivity index (χ0v) is 45.6. The van der Waals surface area contributed by atoms with E-state index in [0.29, 0.717) is 0 Å². The number of hydrogen-bond acceptors (Lipinski definition) is 0. The average Bonchev–Trinajstić information content (AvgIpc) is 3.97. The van der Waals surface area contributed by atoms with Crippen LogP contribution in [0, 0.1) is 24.7 Å². The van der Waals surface area contributed by atoms with Crippen molar-refractivity contribution in [3.63, 3.8) is 0 Å². The zero-order valence-electron chi connectivity index (χ0n) is 39.3. The largest absolute Gasteiger partial charge is 1.00 e. The van der Waals surface area contributed by atoms with Gasteiger partial charge in [0.05, 0.1) is 48.1 Å². The third-order valence-corrected chi connectivity index (χ3v) is 18.9. The molecule has 0 bridgehead atoms. The van der Waals surface area contributed by atoms with Gasteiger partial charge in [0, 0.05) is 22.4 Å². The fourth-order valence-corrected chi connectivity index (χ4v) is 15.9. The smallest absolute Gasteiger partial charge is 0.366 e. The first kappa shape index (κ1) is 51.6. The maximum Gasteiger partial charge on any atom is 1.00 e. The molecule has 0 amide bonds. The predicted octanol–water partition coefficient (Wildman–Crippen LogP) is 14.2. The van der Waals surface area contributed by atoms with E-state index in [1.165, 1.54) is 33.5 Å². The first-order valence-corrected chi connectivity index (χ1v) is 27.1. The molecule has 2 aromatic heterocycles. The van der Waals surface area contributed by atoms with E-state index in [1.54, 1.807) is 0 Å². The van der Waals surface area contributed by atoms with Gasteiger partial charge in [-0.1, -0.05) is 168 Å². The van der Waals surface area contributed by atoms with Crippen LogP contribution in [-0.2, 0) is 44.8 Å². The van der Waals surface area contributed by atoms with E-state index >= 15 is 0 Å². The number of benzene rings is 10. The number of fused-ring (bicyclic) bond motifs is 6. The molecule has 0 spiro atoms. The van der Waals surface area contributed by atoms with Crippen LogP contribution in [0.2, 0.25) is 0 Å². The Labute approximate surface area is 457 Å². The number of hydrogen-bond donors (Lipinski definition) is 0. The normalized spacial score (nSPS) is 10.6. The minimum Gasteiger partial charge on any atom is -0.366 e. The molecule has 72 heavy (non-hydrogen) atoms. The molecule has 0 radical (unpaired) electrons. The molecule has 0 saturated heterocycles. The maximum atomic E-state index is 7.56. The molecule has 2 nitrogen and oxygen atoms in total. The topological polar surface area (TPSA) is 9.86 Å². The Bertz CT molecular complexity index is 3410. The second-order valence-electron chi connectivity index (χ2n) is 16.9. The fraction of sp³-hybridized carbons (Fsp3) is 0.0303. The van der Waals surface area contributed by atoms with E-state index in [2.05, 4.69) is 215 Å². The molecule has 0 fully saturated rings. The first-order valence-electron chi connectivity index (χ1n) is 23.7. The number of rotatable bonds is 9. The van der Waals surface area contributed by atoms with Gasteiger partial charge >= 0.3 is 44.8 Å². The molecule has 0 atom stereocenters. The van der Waals surface area contributed by atoms with E-state index in [-0.39, 0.29) is 44.8 Å². The number of aromatic nitrogens is 2. The van der Waals surface area contributed by atoms with Crippen LogP contribution in [0.1, 0.15) is 11.1 Å². The second-order valence-corrected chi connectivity index (χ2v) is 22.2. The molecule has 2 heterocycles. The van der Waals surface area contributed by atoms with Crippen LogP contribution in [0.3, 0.4) is 0 Å². The van der Waals surface area contributed by atoms with E-state index in [1.807, 2.05) is 72.8 Å². The Morgan fingerprint density at radius 1 is 0.292 bits per heavy atom. The van der Waals surface area contributed by atoms with Crippen molar-refractivity contribution in [2.75, 3.05) is 12.3 Å². The minimum atomic E-state index is -0.783. The summed E-state index contributed by atoms with van der Waals surface area (Å²) in [5.41, 5.74) is 8.45. The summed E-state index contributed by atoms with van der Waals surface area (Å²) in [6.45, 7) is 0. The molecule has 354 valence electrons. The Kier molecular flexibility index (Phi) is 18.0. The Morgan fingerprint density at radius 2 is 0.556 bits per heavy atom. The molecule has 0 aliphatic rings. The molecule has 6 heteroatoms. The summed E-state index contributed by atoms with van der Waals surface area (Å²) in [5.74, 6) is 5.13. The van der Waals surface area contributed by atoms with Crippen LogP contribution in [0.4, 0.5) is 0 Å². The van der Waals surface area contributed by atoms with E-state index < -0.39 is 15.8 Å². The van der Waals surface area contributed by atoms with Gasteiger partial charge in [0.15, 0.2) is 0 Å². The predicted molar refractivity (Wildman–Crippen MR) is 305 cm³/mol. The molecule has 0 aliphatic carbocycles. The summed E-state index contributed by atoms with van der Waals surface area (Å²) in [6, 6.07) is 93.8. The van der Waals surface area contributed by atoms with Gasteiger partial charge in [-0.25, -0.2) is 0 Å². The molecule has 0 N–H and O–H groups in total. The summed E-state index contributed by atoms with van der Waals surface area (Å²) >= 11 is 0. The summed E-state index contributed by atoms with van der Waals surface area (Å²) in [4.78, 5) is 0. The van der Waals surface area contributed by atoms with Crippen molar-refractivity contribution < 1.29 is 44.8 Å². The van der Waals surface area contributed by atoms with Gasteiger partial charge in [-0.3, -0.25) is 11.8 Å². The van der Waals surface area contributed by atoms with Crippen molar-refractivity contribution >= 4 is 80.7 Å². The third kappa shape index (κ3) is 11.2. The second kappa shape index (κ2) is 25.1.